The summed E-state index contributed by atoms with van der Waals surface area (Å²) in [6.07, 6.45) is 7.42. The molecule has 2 N–H and O–H groups in total. The fraction of sp³-hybridized carbons (Fsp3) is 0.786. The molecule has 0 spiro atoms. The molecule has 1 fully saturated rings. The third-order valence-corrected chi connectivity index (χ3v) is 5.62. The highest BCUT2D eigenvalue weighted by Crippen LogP contribution is 2.30. The van der Waals surface area contributed by atoms with Crippen LogP contribution in [0.5, 0.6) is 0 Å². The van der Waals surface area contributed by atoms with Crippen molar-refractivity contribution >= 4 is 10.0 Å². The number of sulfonamides is 1. The van der Waals surface area contributed by atoms with Crippen LogP contribution in [0.2, 0.25) is 0 Å². The van der Waals surface area contributed by atoms with E-state index in [1.165, 1.54) is 12.6 Å². The Bertz CT molecular complexity index is 537. The summed E-state index contributed by atoms with van der Waals surface area (Å²) in [5.74, 6) is 0.481. The minimum Gasteiger partial charge on any atom is -0.317 e. The Kier molecular flexibility index (Phi) is 5.78. The Hall–Kier alpha value is -0.920. The van der Waals surface area contributed by atoms with E-state index in [-0.39, 0.29) is 10.9 Å². The van der Waals surface area contributed by atoms with E-state index >= 15 is 0 Å². The molecule has 1 atom stereocenters. The van der Waals surface area contributed by atoms with Crippen LogP contribution in [-0.2, 0) is 16.6 Å². The normalized spacial score (nSPS) is 17.6. The zero-order valence-corrected chi connectivity index (χ0v) is 13.7. The van der Waals surface area contributed by atoms with Crippen molar-refractivity contribution in [1.82, 2.24) is 19.8 Å². The third-order valence-electron chi connectivity index (χ3n) is 4.11. The lowest BCUT2D eigenvalue weighted by atomic mass is 9.81. The van der Waals surface area contributed by atoms with Gasteiger partial charge in [0.1, 0.15) is 4.90 Å². The second-order valence-corrected chi connectivity index (χ2v) is 7.46. The Balaban J connectivity index is 1.89. The Morgan fingerprint density at radius 3 is 2.86 bits per heavy atom. The highest BCUT2D eigenvalue weighted by atomic mass is 32.2. The molecule has 6 nitrogen and oxygen atoms in total. The molecular formula is C14H26N4O2S. The summed E-state index contributed by atoms with van der Waals surface area (Å²) < 4.78 is 29.1. The van der Waals surface area contributed by atoms with Gasteiger partial charge in [-0.3, -0.25) is 4.68 Å². The van der Waals surface area contributed by atoms with Crippen LogP contribution in [0.1, 0.15) is 39.5 Å². The summed E-state index contributed by atoms with van der Waals surface area (Å²) in [5, 5.41) is 7.37. The highest BCUT2D eigenvalue weighted by molar-refractivity contribution is 7.89. The quantitative estimate of drug-likeness (QED) is 0.675. The lowest BCUT2D eigenvalue weighted by molar-refractivity contribution is 0.260. The van der Waals surface area contributed by atoms with Gasteiger partial charge < -0.3 is 5.32 Å². The molecule has 120 valence electrons. The van der Waals surface area contributed by atoms with Crippen molar-refractivity contribution in [3.63, 3.8) is 0 Å². The molecule has 1 heterocycles. The average Bonchev–Trinajstić information content (AvgIpc) is 2.81. The van der Waals surface area contributed by atoms with E-state index < -0.39 is 10.0 Å². The summed E-state index contributed by atoms with van der Waals surface area (Å²) in [7, 11) is -3.44. The number of nitrogens with one attached hydrogen (secondary N) is 2. The summed E-state index contributed by atoms with van der Waals surface area (Å²) in [6, 6.07) is 0.000791. The van der Waals surface area contributed by atoms with Gasteiger partial charge in [0.2, 0.25) is 10.0 Å². The predicted molar refractivity (Wildman–Crippen MR) is 82.5 cm³/mol. The molecule has 0 amide bonds. The van der Waals surface area contributed by atoms with Crippen molar-refractivity contribution in [3.8, 4) is 0 Å². The second kappa shape index (κ2) is 7.38. The first-order valence-electron chi connectivity index (χ1n) is 7.78. The minimum absolute atomic E-state index is 0.000791. The molecule has 2 rings (SSSR count). The van der Waals surface area contributed by atoms with Crippen molar-refractivity contribution in [1.29, 1.82) is 0 Å². The van der Waals surface area contributed by atoms with E-state index in [9.17, 15) is 8.42 Å². The molecule has 7 heteroatoms. The van der Waals surface area contributed by atoms with Crippen molar-refractivity contribution in [3.05, 3.63) is 12.4 Å². The van der Waals surface area contributed by atoms with E-state index in [0.717, 1.165) is 38.9 Å². The van der Waals surface area contributed by atoms with Crippen molar-refractivity contribution in [2.24, 2.45) is 5.92 Å². The molecule has 21 heavy (non-hydrogen) atoms. The van der Waals surface area contributed by atoms with Gasteiger partial charge in [-0.05, 0) is 45.2 Å². The maximum atomic E-state index is 12.3. The number of rotatable bonds is 9. The van der Waals surface area contributed by atoms with Gasteiger partial charge in [-0.2, -0.15) is 5.10 Å². The second-order valence-electron chi connectivity index (χ2n) is 5.75. The monoisotopic (exact) mass is 314 g/mol. The zero-order chi connectivity index (χ0) is 15.3. The Labute approximate surface area is 127 Å². The summed E-state index contributed by atoms with van der Waals surface area (Å²) >= 11 is 0. The number of aromatic nitrogens is 2. The molecule has 1 aromatic heterocycles. The van der Waals surface area contributed by atoms with Crippen LogP contribution in [0.25, 0.3) is 0 Å². The van der Waals surface area contributed by atoms with Gasteiger partial charge in [0.25, 0.3) is 0 Å². The van der Waals surface area contributed by atoms with E-state index in [4.69, 9.17) is 0 Å². The number of hydrogen-bond acceptors (Lipinski definition) is 4. The molecule has 0 aliphatic heterocycles. The lowest BCUT2D eigenvalue weighted by Gasteiger charge is -2.31. The summed E-state index contributed by atoms with van der Waals surface area (Å²) in [5.41, 5.74) is 0. The molecule has 1 saturated carbocycles. The van der Waals surface area contributed by atoms with Gasteiger partial charge in [-0.15, -0.1) is 0 Å². The largest absolute Gasteiger partial charge is 0.317 e. The smallest absolute Gasteiger partial charge is 0.243 e. The van der Waals surface area contributed by atoms with Crippen LogP contribution in [0.15, 0.2) is 17.3 Å². The van der Waals surface area contributed by atoms with Crippen LogP contribution in [0.3, 0.4) is 0 Å². The highest BCUT2D eigenvalue weighted by Gasteiger charge is 2.28. The molecule has 1 aliphatic rings. The van der Waals surface area contributed by atoms with Crippen molar-refractivity contribution in [2.75, 3.05) is 13.1 Å². The molecule has 0 radical (unpaired) electrons. The molecule has 1 aliphatic carbocycles. The Morgan fingerprint density at radius 2 is 2.24 bits per heavy atom. The predicted octanol–water partition coefficient (Wildman–Crippen LogP) is 1.35. The fourth-order valence-corrected chi connectivity index (χ4v) is 3.76. The molecule has 1 unspecified atom stereocenters. The average molecular weight is 314 g/mol. The van der Waals surface area contributed by atoms with Gasteiger partial charge >= 0.3 is 0 Å². The maximum Gasteiger partial charge on any atom is 0.243 e. The van der Waals surface area contributed by atoms with Gasteiger partial charge in [-0.1, -0.05) is 13.3 Å². The first-order valence-corrected chi connectivity index (χ1v) is 9.26. The summed E-state index contributed by atoms with van der Waals surface area (Å²) in [6.45, 7) is 6.59. The van der Waals surface area contributed by atoms with Gasteiger partial charge in [-0.25, -0.2) is 13.1 Å². The molecule has 0 saturated heterocycles. The lowest BCUT2D eigenvalue weighted by Crippen LogP contribution is -2.40. The first kappa shape index (κ1) is 16.5. The Morgan fingerprint density at radius 1 is 1.48 bits per heavy atom. The van der Waals surface area contributed by atoms with Crippen LogP contribution < -0.4 is 10.0 Å². The number of nitrogens with zero attached hydrogens (tertiary/aromatic N) is 2. The van der Waals surface area contributed by atoms with Crippen LogP contribution in [-0.4, -0.2) is 37.3 Å². The van der Waals surface area contributed by atoms with E-state index in [1.54, 1.807) is 10.9 Å². The zero-order valence-electron chi connectivity index (χ0n) is 12.9. The molecule has 1 aromatic rings. The first-order chi connectivity index (χ1) is 10.0. The van der Waals surface area contributed by atoms with Crippen LogP contribution in [0.4, 0.5) is 0 Å². The SMILES string of the molecule is CCNCCCn1cc(S(=O)(=O)NC(C)C2CCC2)cn1. The van der Waals surface area contributed by atoms with Gasteiger partial charge in [0.05, 0.1) is 6.20 Å². The van der Waals surface area contributed by atoms with E-state index in [1.807, 2.05) is 6.92 Å². The molecule has 0 aromatic carbocycles. The number of hydrogen-bond donors (Lipinski definition) is 2. The minimum atomic E-state index is -3.44. The van der Waals surface area contributed by atoms with Crippen LogP contribution in [0, 0.1) is 5.92 Å². The summed E-state index contributed by atoms with van der Waals surface area (Å²) in [4.78, 5) is 0.261. The van der Waals surface area contributed by atoms with Crippen molar-refractivity contribution in [2.45, 2.75) is 57.0 Å². The third kappa shape index (κ3) is 4.52. The number of aryl methyl sites for hydroxylation is 1. The van der Waals surface area contributed by atoms with Crippen LogP contribution >= 0.6 is 0 Å². The standard InChI is InChI=1S/C14H26N4O2S/c1-3-15-8-5-9-18-11-14(10-16-18)21(19,20)17-12(2)13-6-4-7-13/h10-13,15,17H,3-9H2,1-2H3. The van der Waals surface area contributed by atoms with Gasteiger partial charge in [0.15, 0.2) is 0 Å². The van der Waals surface area contributed by atoms with Gasteiger partial charge in [0, 0.05) is 18.8 Å². The fourth-order valence-electron chi connectivity index (χ4n) is 2.50. The topological polar surface area (TPSA) is 76.0 Å². The van der Waals surface area contributed by atoms with Crippen molar-refractivity contribution < 1.29 is 8.42 Å². The molecular weight excluding hydrogens is 288 g/mol. The molecule has 0 bridgehead atoms. The maximum absolute atomic E-state index is 12.3. The van der Waals surface area contributed by atoms with E-state index in [2.05, 4.69) is 22.1 Å². The van der Waals surface area contributed by atoms with E-state index in [0.29, 0.717) is 5.92 Å².